The van der Waals surface area contributed by atoms with Crippen LogP contribution in [0.1, 0.15) is 37.5 Å². The van der Waals surface area contributed by atoms with E-state index in [1.54, 1.807) is 19.2 Å². The van der Waals surface area contributed by atoms with Gasteiger partial charge in [-0.1, -0.05) is 32.9 Å². The first-order chi connectivity index (χ1) is 9.34. The van der Waals surface area contributed by atoms with Crippen molar-refractivity contribution >= 4 is 0 Å². The van der Waals surface area contributed by atoms with E-state index in [2.05, 4.69) is 20.8 Å². The van der Waals surface area contributed by atoms with Gasteiger partial charge in [0.25, 0.3) is 5.56 Å². The molecule has 0 aliphatic carbocycles. The first kappa shape index (κ1) is 14.1. The lowest BCUT2D eigenvalue weighted by Gasteiger charge is -2.19. The van der Waals surface area contributed by atoms with E-state index in [1.165, 1.54) is 10.1 Å². The normalized spacial score (nSPS) is 11.2. The third kappa shape index (κ3) is 2.50. The molecule has 1 aromatic heterocycles. The fourth-order valence-corrected chi connectivity index (χ4v) is 2.09. The van der Waals surface area contributed by atoms with Crippen molar-refractivity contribution in [3.8, 4) is 11.8 Å². The average molecular weight is 266 g/mol. The van der Waals surface area contributed by atoms with Crippen molar-refractivity contribution in [1.82, 2.24) is 4.57 Å². The Labute approximate surface area is 119 Å². The van der Waals surface area contributed by atoms with Crippen LogP contribution in [-0.4, -0.2) is 4.57 Å². The second kappa shape index (κ2) is 4.97. The molecule has 3 heteroatoms. The van der Waals surface area contributed by atoms with E-state index in [4.69, 9.17) is 5.26 Å². The molecule has 0 saturated carbocycles. The molecule has 0 aliphatic heterocycles. The van der Waals surface area contributed by atoms with Gasteiger partial charge in [0, 0.05) is 11.9 Å². The molecule has 0 N–H and O–H groups in total. The molecule has 2 aromatic rings. The van der Waals surface area contributed by atoms with Crippen molar-refractivity contribution in [3.05, 3.63) is 63.6 Å². The second-order valence-electron chi connectivity index (χ2n) is 5.96. The summed E-state index contributed by atoms with van der Waals surface area (Å²) in [4.78, 5) is 12.2. The van der Waals surface area contributed by atoms with Gasteiger partial charge in [0.15, 0.2) is 0 Å². The van der Waals surface area contributed by atoms with Crippen LogP contribution in [0.25, 0.3) is 5.69 Å². The smallest absolute Gasteiger partial charge is 0.273 e. The molecule has 2 rings (SSSR count). The number of pyridine rings is 1. The van der Waals surface area contributed by atoms with Gasteiger partial charge in [0.2, 0.25) is 0 Å². The lowest BCUT2D eigenvalue weighted by molar-refractivity contribution is 0.590. The minimum Gasteiger partial charge on any atom is -0.283 e. The van der Waals surface area contributed by atoms with Crippen LogP contribution in [0.2, 0.25) is 0 Å². The Morgan fingerprint density at radius 3 is 2.20 bits per heavy atom. The van der Waals surface area contributed by atoms with Crippen molar-refractivity contribution in [2.24, 2.45) is 0 Å². The standard InChI is InChI=1S/C17H18N2O/c1-12-9-10-19(16(20)15(12)11-18)14-7-5-13(6-8-14)17(2,3)4/h5-10H,1-4H3. The zero-order chi connectivity index (χ0) is 14.9. The topological polar surface area (TPSA) is 45.8 Å². The summed E-state index contributed by atoms with van der Waals surface area (Å²) in [5, 5.41) is 9.06. The lowest BCUT2D eigenvalue weighted by Crippen LogP contribution is -2.21. The Morgan fingerprint density at radius 2 is 1.70 bits per heavy atom. The minimum atomic E-state index is -0.268. The SMILES string of the molecule is Cc1ccn(-c2ccc(C(C)(C)C)cc2)c(=O)c1C#N. The summed E-state index contributed by atoms with van der Waals surface area (Å²) in [5.41, 5.74) is 2.71. The molecule has 0 saturated heterocycles. The summed E-state index contributed by atoms with van der Waals surface area (Å²) in [7, 11) is 0. The van der Waals surface area contributed by atoms with Gasteiger partial charge < -0.3 is 0 Å². The van der Waals surface area contributed by atoms with Crippen LogP contribution in [0.4, 0.5) is 0 Å². The molecule has 0 aliphatic rings. The average Bonchev–Trinajstić information content (AvgIpc) is 2.38. The zero-order valence-electron chi connectivity index (χ0n) is 12.3. The highest BCUT2D eigenvalue weighted by Gasteiger charge is 2.14. The molecule has 0 radical (unpaired) electrons. The molecule has 0 amide bonds. The maximum Gasteiger partial charge on any atom is 0.273 e. The summed E-state index contributed by atoms with van der Waals surface area (Å²) in [6.45, 7) is 8.21. The van der Waals surface area contributed by atoms with E-state index >= 15 is 0 Å². The number of benzene rings is 1. The van der Waals surface area contributed by atoms with Crippen molar-refractivity contribution in [3.63, 3.8) is 0 Å². The Bertz CT molecular complexity index is 726. The van der Waals surface area contributed by atoms with E-state index in [0.29, 0.717) is 5.56 Å². The number of hydrogen-bond donors (Lipinski definition) is 0. The molecular formula is C17H18N2O. The summed E-state index contributed by atoms with van der Waals surface area (Å²) in [6.07, 6.45) is 1.71. The van der Waals surface area contributed by atoms with Crippen molar-refractivity contribution in [2.75, 3.05) is 0 Å². The molecule has 0 bridgehead atoms. The highest BCUT2D eigenvalue weighted by atomic mass is 16.1. The van der Waals surface area contributed by atoms with Crippen LogP contribution in [0, 0.1) is 18.3 Å². The highest BCUT2D eigenvalue weighted by molar-refractivity contribution is 5.41. The van der Waals surface area contributed by atoms with Crippen molar-refractivity contribution < 1.29 is 0 Å². The molecule has 1 aromatic carbocycles. The highest BCUT2D eigenvalue weighted by Crippen LogP contribution is 2.22. The summed E-state index contributed by atoms with van der Waals surface area (Å²) in [5.74, 6) is 0. The number of hydrogen-bond acceptors (Lipinski definition) is 2. The van der Waals surface area contributed by atoms with Gasteiger partial charge in [-0.25, -0.2) is 0 Å². The molecule has 3 nitrogen and oxygen atoms in total. The van der Waals surface area contributed by atoms with Crippen LogP contribution in [0.15, 0.2) is 41.3 Å². The predicted octanol–water partition coefficient (Wildman–Crippen LogP) is 3.32. The fraction of sp³-hybridized carbons (Fsp3) is 0.294. The minimum absolute atomic E-state index is 0.0780. The summed E-state index contributed by atoms with van der Waals surface area (Å²) >= 11 is 0. The van der Waals surface area contributed by atoms with E-state index < -0.39 is 0 Å². The van der Waals surface area contributed by atoms with Crippen LogP contribution in [0.3, 0.4) is 0 Å². The molecule has 0 atom stereocenters. The lowest BCUT2D eigenvalue weighted by atomic mass is 9.87. The van der Waals surface area contributed by atoms with E-state index in [9.17, 15) is 4.79 Å². The van der Waals surface area contributed by atoms with Gasteiger partial charge in [0.05, 0.1) is 0 Å². The van der Waals surface area contributed by atoms with Crippen LogP contribution >= 0.6 is 0 Å². The number of aromatic nitrogens is 1. The zero-order valence-corrected chi connectivity index (χ0v) is 12.3. The van der Waals surface area contributed by atoms with Crippen molar-refractivity contribution in [2.45, 2.75) is 33.1 Å². The van der Waals surface area contributed by atoms with Crippen LogP contribution in [-0.2, 0) is 5.41 Å². The van der Waals surface area contributed by atoms with Gasteiger partial charge in [0.1, 0.15) is 11.6 Å². The van der Waals surface area contributed by atoms with Crippen LogP contribution < -0.4 is 5.56 Å². The molecule has 0 fully saturated rings. The Kier molecular flexibility index (Phi) is 3.50. The second-order valence-corrected chi connectivity index (χ2v) is 5.96. The molecule has 0 spiro atoms. The predicted molar refractivity (Wildman–Crippen MR) is 80.2 cm³/mol. The van der Waals surface area contributed by atoms with E-state index in [0.717, 1.165) is 5.69 Å². The summed E-state index contributed by atoms with van der Waals surface area (Å²) in [6, 6.07) is 11.6. The molecule has 102 valence electrons. The maximum atomic E-state index is 12.2. The van der Waals surface area contributed by atoms with Gasteiger partial charge in [-0.15, -0.1) is 0 Å². The molecular weight excluding hydrogens is 248 g/mol. The van der Waals surface area contributed by atoms with Gasteiger partial charge in [-0.3, -0.25) is 9.36 Å². The molecule has 0 unspecified atom stereocenters. The quantitative estimate of drug-likeness (QED) is 0.795. The maximum absolute atomic E-state index is 12.2. The number of aryl methyl sites for hydroxylation is 1. The largest absolute Gasteiger partial charge is 0.283 e. The summed E-state index contributed by atoms with van der Waals surface area (Å²) < 4.78 is 1.51. The number of nitriles is 1. The third-order valence-electron chi connectivity index (χ3n) is 3.42. The molecule has 20 heavy (non-hydrogen) atoms. The Morgan fingerprint density at radius 1 is 1.10 bits per heavy atom. The van der Waals surface area contributed by atoms with Gasteiger partial charge in [-0.05, 0) is 41.7 Å². The van der Waals surface area contributed by atoms with Crippen molar-refractivity contribution in [1.29, 1.82) is 5.26 Å². The first-order valence-electron chi connectivity index (χ1n) is 6.58. The number of nitrogens with zero attached hydrogens (tertiary/aromatic N) is 2. The monoisotopic (exact) mass is 266 g/mol. The van der Waals surface area contributed by atoms with Crippen LogP contribution in [0.5, 0.6) is 0 Å². The Balaban J connectivity index is 2.54. The van der Waals surface area contributed by atoms with Gasteiger partial charge >= 0.3 is 0 Å². The van der Waals surface area contributed by atoms with Gasteiger partial charge in [-0.2, -0.15) is 5.26 Å². The number of rotatable bonds is 1. The first-order valence-corrected chi connectivity index (χ1v) is 6.58. The fourth-order valence-electron chi connectivity index (χ4n) is 2.09. The Hall–Kier alpha value is -2.34. The van der Waals surface area contributed by atoms with E-state index in [1.807, 2.05) is 30.3 Å². The molecule has 1 heterocycles. The third-order valence-corrected chi connectivity index (χ3v) is 3.42. The van der Waals surface area contributed by atoms with E-state index in [-0.39, 0.29) is 16.5 Å².